The summed E-state index contributed by atoms with van der Waals surface area (Å²) in [4.78, 5) is 2.65. The number of para-hydroxylation sites is 1. The van der Waals surface area contributed by atoms with Crippen molar-refractivity contribution in [3.05, 3.63) is 53.9 Å². The quantitative estimate of drug-likeness (QED) is 0.849. The van der Waals surface area contributed by atoms with Crippen LogP contribution in [-0.4, -0.2) is 35.6 Å². The summed E-state index contributed by atoms with van der Waals surface area (Å²) in [6.07, 6.45) is 9.02. The Labute approximate surface area is 139 Å². The summed E-state index contributed by atoms with van der Waals surface area (Å²) in [5, 5.41) is 3.79. The Bertz CT molecular complexity index is 638. The molecule has 4 rings (SSSR count). The third-order valence-electron chi connectivity index (χ3n) is 5.28. The van der Waals surface area contributed by atoms with Gasteiger partial charge in [-0.3, -0.25) is 0 Å². The number of fused-ring (bicyclic) bond motifs is 3. The molecule has 122 valence electrons. The number of hydrogen-bond acceptors (Lipinski definition) is 2. The average Bonchev–Trinajstić information content (AvgIpc) is 3.05. The molecule has 0 aliphatic carbocycles. The van der Waals surface area contributed by atoms with Gasteiger partial charge in [0.15, 0.2) is 0 Å². The molecule has 0 amide bonds. The molecular formula is C20H27N3. The van der Waals surface area contributed by atoms with Gasteiger partial charge < -0.3 is 14.8 Å². The standard InChI is InChI=1S/C20H27N3/c1-2-6-14-22(13-5-1)15-8-12-21-20-17-9-3-4-10-18(17)23-16-7-11-19(20)23/h3-4,7,9-11,16,20-21H,1-2,5-6,8,12-15H2. The predicted octanol–water partition coefficient (Wildman–Crippen LogP) is 3.74. The van der Waals surface area contributed by atoms with E-state index in [1.54, 1.807) is 0 Å². The van der Waals surface area contributed by atoms with E-state index in [2.05, 4.69) is 57.4 Å². The van der Waals surface area contributed by atoms with Crippen molar-refractivity contribution in [2.45, 2.75) is 38.1 Å². The van der Waals surface area contributed by atoms with Gasteiger partial charge in [0.1, 0.15) is 0 Å². The van der Waals surface area contributed by atoms with E-state index >= 15 is 0 Å². The van der Waals surface area contributed by atoms with E-state index in [0.717, 1.165) is 6.54 Å². The highest BCUT2D eigenvalue weighted by molar-refractivity contribution is 5.53. The largest absolute Gasteiger partial charge is 0.319 e. The highest BCUT2D eigenvalue weighted by atomic mass is 15.1. The van der Waals surface area contributed by atoms with Crippen LogP contribution in [0.3, 0.4) is 0 Å². The lowest BCUT2D eigenvalue weighted by atomic mass is 10.1. The van der Waals surface area contributed by atoms with Crippen molar-refractivity contribution in [3.8, 4) is 5.69 Å². The lowest BCUT2D eigenvalue weighted by Crippen LogP contribution is -2.29. The molecule has 2 aliphatic heterocycles. The number of hydrogen-bond donors (Lipinski definition) is 1. The molecule has 1 unspecified atom stereocenters. The number of rotatable bonds is 5. The van der Waals surface area contributed by atoms with Crippen molar-refractivity contribution < 1.29 is 0 Å². The second kappa shape index (κ2) is 6.90. The van der Waals surface area contributed by atoms with Gasteiger partial charge in [-0.15, -0.1) is 0 Å². The minimum Gasteiger partial charge on any atom is -0.319 e. The zero-order valence-electron chi connectivity index (χ0n) is 13.9. The topological polar surface area (TPSA) is 20.2 Å². The highest BCUT2D eigenvalue weighted by Crippen LogP contribution is 2.35. The average molecular weight is 309 g/mol. The minimum absolute atomic E-state index is 0.352. The summed E-state index contributed by atoms with van der Waals surface area (Å²) >= 11 is 0. The summed E-state index contributed by atoms with van der Waals surface area (Å²) in [6.45, 7) is 4.92. The SMILES string of the molecule is c1ccc2c(c1)C(NCCCN1CCCCCC1)c1cccn1-2. The summed E-state index contributed by atoms with van der Waals surface area (Å²) < 4.78 is 2.32. The van der Waals surface area contributed by atoms with Gasteiger partial charge in [-0.25, -0.2) is 0 Å². The van der Waals surface area contributed by atoms with Crippen LogP contribution in [0.15, 0.2) is 42.6 Å². The Hall–Kier alpha value is -1.58. The predicted molar refractivity (Wildman–Crippen MR) is 95.1 cm³/mol. The third-order valence-corrected chi connectivity index (χ3v) is 5.28. The van der Waals surface area contributed by atoms with E-state index in [-0.39, 0.29) is 0 Å². The molecule has 3 heterocycles. The molecule has 1 N–H and O–H groups in total. The first kappa shape index (κ1) is 15.0. The first-order valence-corrected chi connectivity index (χ1v) is 9.16. The monoisotopic (exact) mass is 309 g/mol. The first-order valence-electron chi connectivity index (χ1n) is 9.16. The zero-order chi connectivity index (χ0) is 15.5. The van der Waals surface area contributed by atoms with Crippen molar-refractivity contribution in [2.24, 2.45) is 0 Å². The van der Waals surface area contributed by atoms with Gasteiger partial charge in [0, 0.05) is 11.9 Å². The van der Waals surface area contributed by atoms with E-state index in [1.165, 1.54) is 68.7 Å². The number of benzene rings is 1. The second-order valence-electron chi connectivity index (χ2n) is 6.86. The zero-order valence-corrected chi connectivity index (χ0v) is 13.9. The Kier molecular flexibility index (Phi) is 4.49. The molecule has 0 radical (unpaired) electrons. The van der Waals surface area contributed by atoms with Crippen LogP contribution in [0.1, 0.15) is 49.4 Å². The fraction of sp³-hybridized carbons (Fsp3) is 0.500. The van der Waals surface area contributed by atoms with Crippen molar-refractivity contribution in [1.29, 1.82) is 0 Å². The second-order valence-corrected chi connectivity index (χ2v) is 6.86. The van der Waals surface area contributed by atoms with Gasteiger partial charge in [-0.2, -0.15) is 0 Å². The Morgan fingerprint density at radius 2 is 1.78 bits per heavy atom. The smallest absolute Gasteiger partial charge is 0.0755 e. The Balaban J connectivity index is 1.34. The normalized spacial score (nSPS) is 21.0. The molecule has 0 bridgehead atoms. The Morgan fingerprint density at radius 1 is 0.957 bits per heavy atom. The van der Waals surface area contributed by atoms with Gasteiger partial charge >= 0.3 is 0 Å². The number of nitrogens with one attached hydrogen (secondary N) is 1. The Morgan fingerprint density at radius 3 is 2.65 bits per heavy atom. The van der Waals surface area contributed by atoms with Gasteiger partial charge in [0.2, 0.25) is 0 Å². The van der Waals surface area contributed by atoms with Crippen molar-refractivity contribution in [1.82, 2.24) is 14.8 Å². The molecule has 2 aromatic rings. The fourth-order valence-electron chi connectivity index (χ4n) is 4.08. The molecule has 2 aliphatic rings. The lowest BCUT2D eigenvalue weighted by Gasteiger charge is -2.20. The lowest BCUT2D eigenvalue weighted by molar-refractivity contribution is 0.279. The molecule has 23 heavy (non-hydrogen) atoms. The van der Waals surface area contributed by atoms with Crippen LogP contribution >= 0.6 is 0 Å². The van der Waals surface area contributed by atoms with Crippen LogP contribution in [0.2, 0.25) is 0 Å². The summed E-state index contributed by atoms with van der Waals surface area (Å²) in [7, 11) is 0. The van der Waals surface area contributed by atoms with E-state index < -0.39 is 0 Å². The number of likely N-dealkylation sites (tertiary alicyclic amines) is 1. The van der Waals surface area contributed by atoms with Crippen LogP contribution in [0, 0.1) is 0 Å². The molecule has 1 aromatic carbocycles. The highest BCUT2D eigenvalue weighted by Gasteiger charge is 2.27. The molecule has 3 heteroatoms. The maximum atomic E-state index is 3.79. The van der Waals surface area contributed by atoms with Crippen LogP contribution in [0.4, 0.5) is 0 Å². The summed E-state index contributed by atoms with van der Waals surface area (Å²) in [5.74, 6) is 0. The van der Waals surface area contributed by atoms with E-state index in [9.17, 15) is 0 Å². The maximum Gasteiger partial charge on any atom is 0.0755 e. The van der Waals surface area contributed by atoms with E-state index in [0.29, 0.717) is 6.04 Å². The molecule has 1 atom stereocenters. The molecule has 1 aromatic heterocycles. The van der Waals surface area contributed by atoms with E-state index in [4.69, 9.17) is 0 Å². The number of nitrogens with zero attached hydrogens (tertiary/aromatic N) is 2. The molecule has 1 saturated heterocycles. The van der Waals surface area contributed by atoms with Crippen molar-refractivity contribution >= 4 is 0 Å². The summed E-state index contributed by atoms with van der Waals surface area (Å²) in [5.41, 5.74) is 4.12. The molecule has 3 nitrogen and oxygen atoms in total. The van der Waals surface area contributed by atoms with Crippen LogP contribution in [0.25, 0.3) is 5.69 Å². The van der Waals surface area contributed by atoms with Crippen molar-refractivity contribution in [2.75, 3.05) is 26.2 Å². The van der Waals surface area contributed by atoms with Crippen LogP contribution in [-0.2, 0) is 0 Å². The summed E-state index contributed by atoms with van der Waals surface area (Å²) in [6, 6.07) is 13.5. The van der Waals surface area contributed by atoms with E-state index in [1.807, 2.05) is 0 Å². The van der Waals surface area contributed by atoms with Gasteiger partial charge in [0.25, 0.3) is 0 Å². The van der Waals surface area contributed by atoms with Crippen LogP contribution in [0.5, 0.6) is 0 Å². The molecular weight excluding hydrogens is 282 g/mol. The molecule has 1 fully saturated rings. The molecule has 0 spiro atoms. The minimum atomic E-state index is 0.352. The van der Waals surface area contributed by atoms with Crippen molar-refractivity contribution in [3.63, 3.8) is 0 Å². The number of aromatic nitrogens is 1. The van der Waals surface area contributed by atoms with Gasteiger partial charge in [0.05, 0.1) is 11.7 Å². The maximum absolute atomic E-state index is 3.79. The van der Waals surface area contributed by atoms with Gasteiger partial charge in [-0.1, -0.05) is 31.0 Å². The van der Waals surface area contributed by atoms with Crippen LogP contribution < -0.4 is 5.32 Å². The fourth-order valence-corrected chi connectivity index (χ4v) is 4.08. The third kappa shape index (κ3) is 3.08. The first-order chi connectivity index (χ1) is 11.4. The molecule has 0 saturated carbocycles. The van der Waals surface area contributed by atoms with Gasteiger partial charge in [-0.05, 0) is 69.2 Å².